The summed E-state index contributed by atoms with van der Waals surface area (Å²) in [6.07, 6.45) is 1.70. The van der Waals surface area contributed by atoms with Crippen LogP contribution < -0.4 is 5.32 Å². The van der Waals surface area contributed by atoms with Crippen molar-refractivity contribution in [1.82, 2.24) is 19.8 Å². The second-order valence-corrected chi connectivity index (χ2v) is 7.86. The summed E-state index contributed by atoms with van der Waals surface area (Å²) in [5, 5.41) is 3.46. The van der Waals surface area contributed by atoms with Gasteiger partial charge < -0.3 is 15.1 Å². The van der Waals surface area contributed by atoms with E-state index in [1.54, 1.807) is 16.0 Å². The zero-order valence-corrected chi connectivity index (χ0v) is 17.2. The molecule has 0 aliphatic carbocycles. The molecule has 9 heteroatoms. The highest BCUT2D eigenvalue weighted by Gasteiger charge is 2.27. The van der Waals surface area contributed by atoms with E-state index in [0.717, 1.165) is 5.69 Å². The zero-order valence-electron chi connectivity index (χ0n) is 16.3. The Balaban J connectivity index is 1.37. The molecule has 0 spiro atoms. The Morgan fingerprint density at radius 1 is 1.03 bits per heavy atom. The fraction of sp³-hybridized carbons (Fsp3) is 0.238. The van der Waals surface area contributed by atoms with Gasteiger partial charge in [-0.2, -0.15) is 0 Å². The number of anilines is 1. The molecule has 1 N–H and O–H groups in total. The highest BCUT2D eigenvalue weighted by molar-refractivity contribution is 7.17. The highest BCUT2D eigenvalue weighted by Crippen LogP contribution is 2.27. The predicted octanol–water partition coefficient (Wildman–Crippen LogP) is 3.64. The minimum atomic E-state index is -0.357. The first kappa shape index (κ1) is 20.0. The van der Waals surface area contributed by atoms with E-state index in [2.05, 4.69) is 15.3 Å². The van der Waals surface area contributed by atoms with Crippen molar-refractivity contribution < 1.29 is 14.0 Å². The van der Waals surface area contributed by atoms with Crippen LogP contribution in [0.2, 0.25) is 0 Å². The molecule has 3 aromatic rings. The third kappa shape index (κ3) is 4.30. The van der Waals surface area contributed by atoms with Crippen molar-refractivity contribution >= 4 is 29.0 Å². The van der Waals surface area contributed by atoms with Crippen LogP contribution in [0.15, 0.2) is 48.7 Å². The molecular formula is C21H20FN5O2S. The van der Waals surface area contributed by atoms with Crippen molar-refractivity contribution in [3.05, 3.63) is 65.0 Å². The summed E-state index contributed by atoms with van der Waals surface area (Å²) in [6.45, 7) is 3.54. The Kier molecular flexibility index (Phi) is 5.71. The number of carbonyl (C=O) groups excluding carboxylic acids is 2. The van der Waals surface area contributed by atoms with Crippen LogP contribution in [0.4, 0.5) is 14.9 Å². The van der Waals surface area contributed by atoms with Crippen molar-refractivity contribution in [3.63, 3.8) is 0 Å². The first-order chi connectivity index (χ1) is 14.5. The Labute approximate surface area is 177 Å². The summed E-state index contributed by atoms with van der Waals surface area (Å²) < 4.78 is 13.0. The van der Waals surface area contributed by atoms with Crippen LogP contribution in [0.3, 0.4) is 0 Å². The SMILES string of the molecule is Cc1nc(-c2ccccn2)sc1C(=O)N1CCN(C(=O)Nc2ccc(F)cc2)CC1. The molecule has 7 nitrogen and oxygen atoms in total. The first-order valence-corrected chi connectivity index (χ1v) is 10.3. The fourth-order valence-corrected chi connectivity index (χ4v) is 4.20. The van der Waals surface area contributed by atoms with Gasteiger partial charge in [-0.25, -0.2) is 14.2 Å². The number of aryl methyl sites for hydroxylation is 1. The number of hydrogen-bond acceptors (Lipinski definition) is 5. The number of piperazine rings is 1. The van der Waals surface area contributed by atoms with E-state index < -0.39 is 0 Å². The summed E-state index contributed by atoms with van der Waals surface area (Å²) in [7, 11) is 0. The average Bonchev–Trinajstić information content (AvgIpc) is 3.17. The Bertz CT molecular complexity index is 1050. The van der Waals surface area contributed by atoms with Crippen LogP contribution in [-0.2, 0) is 0 Å². The molecule has 1 fully saturated rings. The van der Waals surface area contributed by atoms with E-state index in [1.807, 2.05) is 25.1 Å². The van der Waals surface area contributed by atoms with Gasteiger partial charge in [-0.15, -0.1) is 11.3 Å². The lowest BCUT2D eigenvalue weighted by Crippen LogP contribution is -2.51. The normalized spacial score (nSPS) is 13.9. The second kappa shape index (κ2) is 8.58. The number of rotatable bonds is 3. The number of aromatic nitrogens is 2. The smallest absolute Gasteiger partial charge is 0.321 e. The summed E-state index contributed by atoms with van der Waals surface area (Å²) in [4.78, 5) is 38.2. The van der Waals surface area contributed by atoms with Gasteiger partial charge in [-0.3, -0.25) is 9.78 Å². The molecule has 0 unspecified atom stereocenters. The maximum atomic E-state index is 13.0. The van der Waals surface area contributed by atoms with Crippen LogP contribution in [0.5, 0.6) is 0 Å². The minimum absolute atomic E-state index is 0.0780. The van der Waals surface area contributed by atoms with E-state index >= 15 is 0 Å². The number of pyridine rings is 1. The Morgan fingerprint density at radius 3 is 2.40 bits per heavy atom. The van der Waals surface area contributed by atoms with Crippen LogP contribution in [-0.4, -0.2) is 57.9 Å². The summed E-state index contributed by atoms with van der Waals surface area (Å²) in [6, 6.07) is 10.9. The second-order valence-electron chi connectivity index (χ2n) is 6.86. The topological polar surface area (TPSA) is 78.4 Å². The third-order valence-corrected chi connectivity index (χ3v) is 5.99. The van der Waals surface area contributed by atoms with Crippen molar-refractivity contribution in [1.29, 1.82) is 0 Å². The molecule has 4 rings (SSSR count). The van der Waals surface area contributed by atoms with Crippen molar-refractivity contribution in [2.24, 2.45) is 0 Å². The van der Waals surface area contributed by atoms with Gasteiger partial charge in [0.1, 0.15) is 15.7 Å². The first-order valence-electron chi connectivity index (χ1n) is 9.51. The maximum Gasteiger partial charge on any atom is 0.321 e. The molecular weight excluding hydrogens is 405 g/mol. The number of thiazole rings is 1. The molecule has 1 aromatic carbocycles. The molecule has 2 aromatic heterocycles. The van der Waals surface area contributed by atoms with Crippen LogP contribution in [0, 0.1) is 12.7 Å². The molecule has 0 radical (unpaired) electrons. The molecule has 30 heavy (non-hydrogen) atoms. The van der Waals surface area contributed by atoms with Gasteiger partial charge in [0.05, 0.1) is 11.4 Å². The lowest BCUT2D eigenvalue weighted by Gasteiger charge is -2.34. The maximum absolute atomic E-state index is 13.0. The Hall–Kier alpha value is -3.33. The number of halogens is 1. The fourth-order valence-electron chi connectivity index (χ4n) is 3.19. The van der Waals surface area contributed by atoms with E-state index in [9.17, 15) is 14.0 Å². The molecule has 1 aliphatic heterocycles. The molecule has 0 saturated carbocycles. The number of amides is 3. The van der Waals surface area contributed by atoms with Crippen molar-refractivity contribution in [2.75, 3.05) is 31.5 Å². The van der Waals surface area contributed by atoms with E-state index in [-0.39, 0.29) is 17.8 Å². The van der Waals surface area contributed by atoms with Gasteiger partial charge in [0.15, 0.2) is 0 Å². The molecule has 3 amide bonds. The number of carbonyl (C=O) groups is 2. The molecule has 1 saturated heterocycles. The minimum Gasteiger partial charge on any atom is -0.334 e. The van der Waals surface area contributed by atoms with Crippen molar-refractivity contribution in [2.45, 2.75) is 6.92 Å². The molecule has 0 bridgehead atoms. The molecule has 154 valence electrons. The van der Waals surface area contributed by atoms with Gasteiger partial charge in [-0.05, 0) is 43.3 Å². The van der Waals surface area contributed by atoms with Crippen LogP contribution >= 0.6 is 11.3 Å². The lowest BCUT2D eigenvalue weighted by molar-refractivity contribution is 0.0675. The summed E-state index contributed by atoms with van der Waals surface area (Å²) >= 11 is 1.34. The number of nitrogens with zero attached hydrogens (tertiary/aromatic N) is 4. The van der Waals surface area contributed by atoms with E-state index in [1.165, 1.54) is 35.6 Å². The molecule has 1 aliphatic rings. The zero-order chi connectivity index (χ0) is 21.1. The Morgan fingerprint density at radius 2 is 1.73 bits per heavy atom. The largest absolute Gasteiger partial charge is 0.334 e. The molecule has 3 heterocycles. The monoisotopic (exact) mass is 425 g/mol. The van der Waals surface area contributed by atoms with Crippen molar-refractivity contribution in [3.8, 4) is 10.7 Å². The quantitative estimate of drug-likeness (QED) is 0.695. The van der Waals surface area contributed by atoms with Gasteiger partial charge in [0.2, 0.25) is 0 Å². The van der Waals surface area contributed by atoms with Crippen LogP contribution in [0.25, 0.3) is 10.7 Å². The lowest BCUT2D eigenvalue weighted by atomic mass is 10.2. The standard InChI is InChI=1S/C21H20FN5O2S/c1-14-18(30-19(24-14)17-4-2-3-9-23-17)20(28)26-10-12-27(13-11-26)21(29)25-16-7-5-15(22)6-8-16/h2-9H,10-13H2,1H3,(H,25,29). The number of urea groups is 1. The highest BCUT2D eigenvalue weighted by atomic mass is 32.1. The van der Waals surface area contributed by atoms with E-state index in [0.29, 0.717) is 47.4 Å². The average molecular weight is 425 g/mol. The summed E-state index contributed by atoms with van der Waals surface area (Å²) in [5.74, 6) is -0.435. The molecule has 0 atom stereocenters. The van der Waals surface area contributed by atoms with Gasteiger partial charge >= 0.3 is 6.03 Å². The summed E-state index contributed by atoms with van der Waals surface area (Å²) in [5.41, 5.74) is 1.95. The number of hydrogen-bond donors (Lipinski definition) is 1. The van der Waals surface area contributed by atoms with E-state index in [4.69, 9.17) is 0 Å². The predicted molar refractivity (Wildman–Crippen MR) is 113 cm³/mol. The van der Waals surface area contributed by atoms with Crippen LogP contribution in [0.1, 0.15) is 15.4 Å². The van der Waals surface area contributed by atoms with Gasteiger partial charge in [-0.1, -0.05) is 6.07 Å². The van der Waals surface area contributed by atoms with Gasteiger partial charge in [0.25, 0.3) is 5.91 Å². The van der Waals surface area contributed by atoms with Gasteiger partial charge in [0, 0.05) is 38.1 Å². The number of benzene rings is 1. The number of nitrogens with one attached hydrogen (secondary N) is 1. The third-order valence-electron chi connectivity index (χ3n) is 4.82.